The van der Waals surface area contributed by atoms with Gasteiger partial charge >= 0.3 is 0 Å². The van der Waals surface area contributed by atoms with Crippen LogP contribution in [-0.2, 0) is 4.79 Å². The smallest absolute Gasteiger partial charge is 0.227 e. The SMILES string of the molecule is CCSc1nc2n(n1)[C@H](c1cccc(Cl)c1)[C@H]1C(=O)CCC=C1N2. The lowest BCUT2D eigenvalue weighted by molar-refractivity contribution is -0.123. The highest BCUT2D eigenvalue weighted by Gasteiger charge is 2.41. The molecule has 0 radical (unpaired) electrons. The molecule has 1 N–H and O–H groups in total. The number of carbonyl (C=O) groups excluding carboxylic acids is 1. The Balaban J connectivity index is 1.88. The number of ketones is 1. The molecule has 5 nitrogen and oxygen atoms in total. The summed E-state index contributed by atoms with van der Waals surface area (Å²) in [7, 11) is 0. The Kier molecular flexibility index (Phi) is 4.10. The highest BCUT2D eigenvalue weighted by atomic mass is 35.5. The third-order valence-electron chi connectivity index (χ3n) is 4.35. The minimum Gasteiger partial charge on any atom is -0.328 e. The van der Waals surface area contributed by atoms with Crippen LogP contribution in [0.15, 0.2) is 41.2 Å². The van der Waals surface area contributed by atoms with E-state index in [1.807, 2.05) is 28.9 Å². The van der Waals surface area contributed by atoms with Crippen molar-refractivity contribution in [1.29, 1.82) is 0 Å². The van der Waals surface area contributed by atoms with Gasteiger partial charge in [0.2, 0.25) is 11.1 Å². The quantitative estimate of drug-likeness (QED) is 0.840. The molecule has 0 saturated carbocycles. The Morgan fingerprint density at radius 3 is 3.12 bits per heavy atom. The number of hydrogen-bond acceptors (Lipinski definition) is 5. The minimum atomic E-state index is -0.258. The van der Waals surface area contributed by atoms with Gasteiger partial charge in [-0.2, -0.15) is 4.98 Å². The minimum absolute atomic E-state index is 0.210. The van der Waals surface area contributed by atoms with Crippen molar-refractivity contribution in [3.05, 3.63) is 46.6 Å². The molecule has 2 atom stereocenters. The zero-order valence-corrected chi connectivity index (χ0v) is 14.8. The van der Waals surface area contributed by atoms with E-state index in [1.165, 1.54) is 0 Å². The number of halogens is 1. The number of rotatable bonds is 3. The van der Waals surface area contributed by atoms with Gasteiger partial charge in [0.1, 0.15) is 5.78 Å². The maximum Gasteiger partial charge on any atom is 0.227 e. The first-order chi connectivity index (χ1) is 11.7. The van der Waals surface area contributed by atoms with Gasteiger partial charge in [0.05, 0.1) is 12.0 Å². The molecule has 0 spiro atoms. The van der Waals surface area contributed by atoms with Gasteiger partial charge in [0.15, 0.2) is 0 Å². The van der Waals surface area contributed by atoms with Gasteiger partial charge in [0.25, 0.3) is 0 Å². The third kappa shape index (κ3) is 2.63. The van der Waals surface area contributed by atoms with Gasteiger partial charge in [-0.25, -0.2) is 4.68 Å². The number of allylic oxidation sites excluding steroid dienone is 2. The molecule has 0 amide bonds. The number of hydrogen-bond donors (Lipinski definition) is 1. The van der Waals surface area contributed by atoms with Crippen molar-refractivity contribution in [1.82, 2.24) is 14.8 Å². The Morgan fingerprint density at radius 2 is 2.33 bits per heavy atom. The van der Waals surface area contributed by atoms with Crippen molar-refractivity contribution in [3.63, 3.8) is 0 Å². The average Bonchev–Trinajstić information content (AvgIpc) is 2.95. The molecular weight excluding hydrogens is 344 g/mol. The van der Waals surface area contributed by atoms with Gasteiger partial charge < -0.3 is 5.32 Å². The van der Waals surface area contributed by atoms with Crippen LogP contribution in [0.2, 0.25) is 5.02 Å². The van der Waals surface area contributed by atoms with Crippen molar-refractivity contribution < 1.29 is 4.79 Å². The second-order valence-electron chi connectivity index (χ2n) is 5.86. The summed E-state index contributed by atoms with van der Waals surface area (Å²) in [5, 5.41) is 9.32. The van der Waals surface area contributed by atoms with Crippen molar-refractivity contribution in [2.45, 2.75) is 31.0 Å². The normalized spacial score (nSPS) is 22.4. The van der Waals surface area contributed by atoms with E-state index in [0.717, 1.165) is 28.6 Å². The Morgan fingerprint density at radius 1 is 1.46 bits per heavy atom. The van der Waals surface area contributed by atoms with Crippen LogP contribution >= 0.6 is 23.4 Å². The molecule has 7 heteroatoms. The van der Waals surface area contributed by atoms with E-state index in [0.29, 0.717) is 17.4 Å². The molecule has 0 bridgehead atoms. The Hall–Kier alpha value is -1.79. The topological polar surface area (TPSA) is 59.8 Å². The van der Waals surface area contributed by atoms with Crippen LogP contribution in [0, 0.1) is 5.92 Å². The van der Waals surface area contributed by atoms with E-state index < -0.39 is 0 Å². The molecule has 0 fully saturated rings. The Labute approximate surface area is 149 Å². The zero-order chi connectivity index (χ0) is 16.7. The van der Waals surface area contributed by atoms with Crippen molar-refractivity contribution in [3.8, 4) is 0 Å². The molecule has 1 aromatic carbocycles. The van der Waals surface area contributed by atoms with Gasteiger partial charge in [-0.1, -0.05) is 48.5 Å². The summed E-state index contributed by atoms with van der Waals surface area (Å²) in [5.74, 6) is 1.56. The van der Waals surface area contributed by atoms with Crippen molar-refractivity contribution >= 4 is 35.1 Å². The molecule has 2 aliphatic rings. The zero-order valence-electron chi connectivity index (χ0n) is 13.2. The summed E-state index contributed by atoms with van der Waals surface area (Å²) in [5.41, 5.74) is 1.92. The van der Waals surface area contributed by atoms with Crippen LogP contribution < -0.4 is 5.32 Å². The maximum absolute atomic E-state index is 12.7. The largest absolute Gasteiger partial charge is 0.328 e. The number of aromatic nitrogens is 3. The molecule has 2 aromatic rings. The molecular formula is C17H17ClN4OS. The van der Waals surface area contributed by atoms with Crippen LogP contribution in [-0.4, -0.2) is 26.3 Å². The lowest BCUT2D eigenvalue weighted by atomic mass is 9.81. The molecule has 124 valence electrons. The molecule has 0 unspecified atom stereocenters. The van der Waals surface area contributed by atoms with E-state index in [1.54, 1.807) is 11.8 Å². The van der Waals surface area contributed by atoms with Crippen LogP contribution in [0.25, 0.3) is 0 Å². The van der Waals surface area contributed by atoms with Crippen LogP contribution in [0.5, 0.6) is 0 Å². The average molecular weight is 361 g/mol. The molecule has 4 rings (SSSR count). The molecule has 1 aliphatic carbocycles. The maximum atomic E-state index is 12.7. The van der Waals surface area contributed by atoms with Gasteiger partial charge in [-0.3, -0.25) is 4.79 Å². The molecule has 24 heavy (non-hydrogen) atoms. The van der Waals surface area contributed by atoms with Gasteiger partial charge in [0, 0.05) is 17.1 Å². The summed E-state index contributed by atoms with van der Waals surface area (Å²) in [6.07, 6.45) is 3.44. The summed E-state index contributed by atoms with van der Waals surface area (Å²) >= 11 is 7.78. The highest BCUT2D eigenvalue weighted by Crippen LogP contribution is 2.42. The number of carbonyl (C=O) groups is 1. The standard InChI is InChI=1S/C17H17ClN4OS/c1-2-24-17-20-16-19-12-7-4-8-13(23)14(12)15(22(16)21-17)10-5-3-6-11(18)9-10/h3,5-7,9,14-15H,2,4,8H2,1H3,(H,19,20,21)/t14-,15-/m1/s1. The predicted molar refractivity (Wildman–Crippen MR) is 95.4 cm³/mol. The van der Waals surface area contributed by atoms with Crippen molar-refractivity contribution in [2.75, 3.05) is 11.1 Å². The van der Waals surface area contributed by atoms with Crippen LogP contribution in [0.4, 0.5) is 5.95 Å². The summed E-state index contributed by atoms with van der Waals surface area (Å²) in [6.45, 7) is 2.07. The molecule has 0 saturated heterocycles. The van der Waals surface area contributed by atoms with E-state index in [4.69, 9.17) is 11.6 Å². The fourth-order valence-corrected chi connectivity index (χ4v) is 4.12. The summed E-state index contributed by atoms with van der Waals surface area (Å²) < 4.78 is 1.84. The van der Waals surface area contributed by atoms with Gasteiger partial charge in [-0.15, -0.1) is 5.10 Å². The fourth-order valence-electron chi connectivity index (χ4n) is 3.37. The third-order valence-corrected chi connectivity index (χ3v) is 5.30. The number of Topliss-reactive ketones (excluding diaryl/α,β-unsaturated/α-hetero) is 1. The van der Waals surface area contributed by atoms with Gasteiger partial charge in [-0.05, 0) is 29.9 Å². The number of anilines is 1. The highest BCUT2D eigenvalue weighted by molar-refractivity contribution is 7.99. The lowest BCUT2D eigenvalue weighted by Crippen LogP contribution is -2.38. The number of fused-ring (bicyclic) bond motifs is 2. The number of nitrogens with zero attached hydrogens (tertiary/aromatic N) is 3. The molecule has 1 aliphatic heterocycles. The van der Waals surface area contributed by atoms with E-state index >= 15 is 0 Å². The number of thioether (sulfide) groups is 1. The van der Waals surface area contributed by atoms with E-state index in [2.05, 4.69) is 28.4 Å². The van der Waals surface area contributed by atoms with E-state index in [9.17, 15) is 4.79 Å². The monoisotopic (exact) mass is 360 g/mol. The first-order valence-corrected chi connectivity index (χ1v) is 9.38. The molecule has 1 aromatic heterocycles. The van der Waals surface area contributed by atoms with E-state index in [-0.39, 0.29) is 17.7 Å². The fraction of sp³-hybridized carbons (Fsp3) is 0.353. The predicted octanol–water partition coefficient (Wildman–Crippen LogP) is 3.92. The van der Waals surface area contributed by atoms with Crippen LogP contribution in [0.1, 0.15) is 31.4 Å². The second kappa shape index (κ2) is 6.26. The van der Waals surface area contributed by atoms with Crippen molar-refractivity contribution in [2.24, 2.45) is 5.92 Å². The molecule has 2 heterocycles. The number of nitrogens with one attached hydrogen (secondary N) is 1. The summed E-state index contributed by atoms with van der Waals surface area (Å²) in [4.78, 5) is 17.2. The van der Waals surface area contributed by atoms with Crippen LogP contribution in [0.3, 0.4) is 0 Å². The lowest BCUT2D eigenvalue weighted by Gasteiger charge is -2.36. The first kappa shape index (κ1) is 15.7. The Bertz CT molecular complexity index is 832. The number of benzene rings is 1. The second-order valence-corrected chi connectivity index (χ2v) is 7.53. The first-order valence-electron chi connectivity index (χ1n) is 8.02. The summed E-state index contributed by atoms with van der Waals surface area (Å²) in [6, 6.07) is 7.45.